The Hall–Kier alpha value is -2.30. The third kappa shape index (κ3) is 3.42. The summed E-state index contributed by atoms with van der Waals surface area (Å²) in [6.45, 7) is 1.92. The Morgan fingerprint density at radius 1 is 1.24 bits per heavy atom. The summed E-state index contributed by atoms with van der Waals surface area (Å²) in [4.78, 5) is 23.6. The number of carbonyl (C=O) groups excluding carboxylic acids is 1. The average molecular weight is 289 g/mol. The molecule has 0 spiro atoms. The van der Waals surface area contributed by atoms with Gasteiger partial charge in [0.15, 0.2) is 6.04 Å². The first-order valence-corrected chi connectivity index (χ1v) is 6.89. The van der Waals surface area contributed by atoms with Crippen LogP contribution in [0.4, 0.5) is 0 Å². The molecule has 0 saturated carbocycles. The van der Waals surface area contributed by atoms with E-state index in [0.29, 0.717) is 17.7 Å². The highest BCUT2D eigenvalue weighted by molar-refractivity contribution is 5.97. The first kappa shape index (κ1) is 15.1. The predicted molar refractivity (Wildman–Crippen MR) is 78.1 cm³/mol. The van der Waals surface area contributed by atoms with Crippen molar-refractivity contribution in [3.05, 3.63) is 41.0 Å². The summed E-state index contributed by atoms with van der Waals surface area (Å²) in [5.74, 6) is -0.721. The number of ether oxygens (including phenoxy) is 1. The lowest BCUT2D eigenvalue weighted by Crippen LogP contribution is -2.34. The molecule has 2 rings (SSSR count). The maximum atomic E-state index is 12.2. The van der Waals surface area contributed by atoms with Crippen molar-refractivity contribution in [2.45, 2.75) is 32.2 Å². The van der Waals surface area contributed by atoms with Gasteiger partial charge in [0.2, 0.25) is 5.91 Å². The van der Waals surface area contributed by atoms with E-state index in [1.807, 2.05) is 6.92 Å². The summed E-state index contributed by atoms with van der Waals surface area (Å²) in [7, 11) is 1.54. The van der Waals surface area contributed by atoms with Crippen LogP contribution in [0.15, 0.2) is 35.4 Å². The van der Waals surface area contributed by atoms with Crippen LogP contribution in [0.5, 0.6) is 5.75 Å². The molecule has 1 aliphatic rings. The van der Waals surface area contributed by atoms with E-state index in [2.05, 4.69) is 5.32 Å². The molecule has 21 heavy (non-hydrogen) atoms. The second kappa shape index (κ2) is 6.43. The molecule has 0 aliphatic heterocycles. The van der Waals surface area contributed by atoms with Crippen LogP contribution < -0.4 is 10.1 Å². The summed E-state index contributed by atoms with van der Waals surface area (Å²) in [5.41, 5.74) is 2.29. The lowest BCUT2D eigenvalue weighted by atomic mass is 10.1. The number of methoxy groups -OCH3 is 1. The molecule has 1 atom stereocenters. The second-order valence-corrected chi connectivity index (χ2v) is 5.13. The van der Waals surface area contributed by atoms with Crippen molar-refractivity contribution >= 4 is 11.9 Å². The maximum Gasteiger partial charge on any atom is 0.330 e. The Morgan fingerprint density at radius 3 is 2.38 bits per heavy atom. The second-order valence-electron chi connectivity index (χ2n) is 5.13. The minimum Gasteiger partial charge on any atom is -0.497 e. The fourth-order valence-electron chi connectivity index (χ4n) is 2.50. The molecule has 1 amide bonds. The van der Waals surface area contributed by atoms with E-state index in [-0.39, 0.29) is 5.91 Å². The largest absolute Gasteiger partial charge is 0.497 e. The molecule has 0 bridgehead atoms. The molecule has 2 N–H and O–H groups in total. The van der Waals surface area contributed by atoms with E-state index in [0.717, 1.165) is 24.0 Å². The molecular formula is C16H19NO4. The molecule has 1 aromatic rings. The zero-order valence-corrected chi connectivity index (χ0v) is 12.2. The van der Waals surface area contributed by atoms with Crippen LogP contribution in [0.25, 0.3) is 0 Å². The number of rotatable bonds is 5. The molecule has 0 aromatic heterocycles. The smallest absolute Gasteiger partial charge is 0.330 e. The van der Waals surface area contributed by atoms with Crippen molar-refractivity contribution in [1.29, 1.82) is 0 Å². The normalized spacial score (nSPS) is 15.7. The fraction of sp³-hybridized carbons (Fsp3) is 0.375. The molecule has 1 unspecified atom stereocenters. The lowest BCUT2D eigenvalue weighted by molar-refractivity contribution is -0.141. The molecule has 0 heterocycles. The number of carbonyl (C=O) groups is 2. The summed E-state index contributed by atoms with van der Waals surface area (Å²) in [6, 6.07) is 5.60. The molecule has 0 saturated heterocycles. The quantitative estimate of drug-likeness (QED) is 0.873. The number of nitrogens with one attached hydrogen (secondary N) is 1. The number of amides is 1. The molecule has 5 nitrogen and oxygen atoms in total. The van der Waals surface area contributed by atoms with Gasteiger partial charge in [0.05, 0.1) is 7.11 Å². The third-order valence-electron chi connectivity index (χ3n) is 3.74. The van der Waals surface area contributed by atoms with Gasteiger partial charge in [0.25, 0.3) is 0 Å². The summed E-state index contributed by atoms with van der Waals surface area (Å²) in [6.07, 6.45) is 2.57. The van der Waals surface area contributed by atoms with E-state index < -0.39 is 12.0 Å². The first-order valence-electron chi connectivity index (χ1n) is 6.89. The predicted octanol–water partition coefficient (Wildman–Crippen LogP) is 2.44. The molecule has 5 heteroatoms. The Labute approximate surface area is 123 Å². The number of carboxylic acids is 1. The van der Waals surface area contributed by atoms with E-state index in [1.54, 1.807) is 31.4 Å². The standard InChI is InChI=1S/C16H19NO4/c1-10-4-3-5-13(10)15(18)17-14(16(19)20)11-6-8-12(21-2)9-7-11/h6-9,14H,3-5H2,1-2H3,(H,17,18)(H,19,20). The van der Waals surface area contributed by atoms with Crippen molar-refractivity contribution in [3.8, 4) is 5.75 Å². The minimum atomic E-state index is -1.08. The van der Waals surface area contributed by atoms with Crippen LogP contribution in [0, 0.1) is 0 Å². The van der Waals surface area contributed by atoms with Gasteiger partial charge in [-0.25, -0.2) is 4.79 Å². The van der Waals surface area contributed by atoms with Crippen LogP contribution >= 0.6 is 0 Å². The highest BCUT2D eigenvalue weighted by Crippen LogP contribution is 2.26. The monoisotopic (exact) mass is 289 g/mol. The summed E-state index contributed by atoms with van der Waals surface area (Å²) >= 11 is 0. The van der Waals surface area contributed by atoms with Crippen molar-refractivity contribution in [3.63, 3.8) is 0 Å². The Balaban J connectivity index is 2.17. The number of hydrogen-bond acceptors (Lipinski definition) is 3. The number of hydrogen-bond donors (Lipinski definition) is 2. The third-order valence-corrected chi connectivity index (χ3v) is 3.74. The van der Waals surface area contributed by atoms with Crippen LogP contribution in [0.3, 0.4) is 0 Å². The topological polar surface area (TPSA) is 75.6 Å². The minimum absolute atomic E-state index is 0.284. The molecule has 0 radical (unpaired) electrons. The average Bonchev–Trinajstić information content (AvgIpc) is 2.90. The van der Waals surface area contributed by atoms with Gasteiger partial charge in [-0.05, 0) is 43.9 Å². The van der Waals surface area contributed by atoms with Gasteiger partial charge < -0.3 is 15.2 Å². The summed E-state index contributed by atoms with van der Waals surface area (Å²) in [5, 5.41) is 12.0. The molecule has 0 fully saturated rings. The van der Waals surface area contributed by atoms with Crippen LogP contribution in [-0.2, 0) is 9.59 Å². The van der Waals surface area contributed by atoms with Crippen molar-refractivity contribution < 1.29 is 19.4 Å². The molecule has 1 aromatic carbocycles. The van der Waals surface area contributed by atoms with Gasteiger partial charge in [0.1, 0.15) is 5.75 Å². The Morgan fingerprint density at radius 2 is 1.90 bits per heavy atom. The van der Waals surface area contributed by atoms with Gasteiger partial charge in [-0.1, -0.05) is 17.7 Å². The van der Waals surface area contributed by atoms with Crippen molar-refractivity contribution in [2.24, 2.45) is 0 Å². The number of benzene rings is 1. The number of aliphatic carboxylic acids is 1. The van der Waals surface area contributed by atoms with Gasteiger partial charge in [-0.2, -0.15) is 0 Å². The van der Waals surface area contributed by atoms with Crippen LogP contribution in [0.2, 0.25) is 0 Å². The first-order chi connectivity index (χ1) is 10.0. The number of carboxylic acid groups (broad SMARTS) is 1. The Bertz CT molecular complexity index is 574. The molecule has 112 valence electrons. The Kier molecular flexibility index (Phi) is 4.62. The van der Waals surface area contributed by atoms with Crippen molar-refractivity contribution in [2.75, 3.05) is 7.11 Å². The van der Waals surface area contributed by atoms with E-state index in [1.165, 1.54) is 0 Å². The van der Waals surface area contributed by atoms with Crippen molar-refractivity contribution in [1.82, 2.24) is 5.32 Å². The van der Waals surface area contributed by atoms with E-state index >= 15 is 0 Å². The zero-order chi connectivity index (χ0) is 15.4. The maximum absolute atomic E-state index is 12.2. The molecular weight excluding hydrogens is 270 g/mol. The fourth-order valence-corrected chi connectivity index (χ4v) is 2.50. The highest BCUT2D eigenvalue weighted by Gasteiger charge is 2.25. The van der Waals surface area contributed by atoms with Gasteiger partial charge in [0, 0.05) is 5.57 Å². The van der Waals surface area contributed by atoms with Gasteiger partial charge in [-0.3, -0.25) is 4.79 Å². The summed E-state index contributed by atoms with van der Waals surface area (Å²) < 4.78 is 5.04. The van der Waals surface area contributed by atoms with Crippen LogP contribution in [-0.4, -0.2) is 24.1 Å². The highest BCUT2D eigenvalue weighted by atomic mass is 16.5. The van der Waals surface area contributed by atoms with Gasteiger partial charge >= 0.3 is 5.97 Å². The lowest BCUT2D eigenvalue weighted by Gasteiger charge is -2.16. The van der Waals surface area contributed by atoms with E-state index in [4.69, 9.17) is 4.74 Å². The van der Waals surface area contributed by atoms with Gasteiger partial charge in [-0.15, -0.1) is 0 Å². The molecule has 1 aliphatic carbocycles. The SMILES string of the molecule is COc1ccc(C(NC(=O)C2=C(C)CCC2)C(=O)O)cc1. The van der Waals surface area contributed by atoms with E-state index in [9.17, 15) is 14.7 Å². The van der Waals surface area contributed by atoms with Crippen LogP contribution in [0.1, 0.15) is 37.8 Å². The number of allylic oxidation sites excluding steroid dienone is 1. The zero-order valence-electron chi connectivity index (χ0n) is 12.2.